The van der Waals surface area contributed by atoms with Gasteiger partial charge in [0.05, 0.1) is 16.7 Å². The molecule has 0 radical (unpaired) electrons. The third kappa shape index (κ3) is 3.86. The van der Waals surface area contributed by atoms with Crippen LogP contribution >= 0.6 is 0 Å². The van der Waals surface area contributed by atoms with Gasteiger partial charge in [-0.3, -0.25) is 9.59 Å². The lowest BCUT2D eigenvalue weighted by Crippen LogP contribution is -2.47. The second-order valence-electron chi connectivity index (χ2n) is 9.49. The summed E-state index contributed by atoms with van der Waals surface area (Å²) in [6.45, 7) is 4.15. The molecule has 1 aliphatic carbocycles. The standard InChI is InChI=1S/C27H28N2O5S/c1-18-5-6-19(2)24(15-18)35(32,33)27(11-3-4-12-27)26(31)28-22-7-8-23-20(16-22)9-13-29(23)25(30)21-10-14-34-17-21/h5-8,10,14-17H,3-4,9,11-13H2,1-2H3,(H,28,31). The Hall–Kier alpha value is -3.39. The molecular formula is C27H28N2O5S. The summed E-state index contributed by atoms with van der Waals surface area (Å²) in [7, 11) is -3.90. The van der Waals surface area contributed by atoms with E-state index in [1.54, 1.807) is 42.2 Å². The minimum Gasteiger partial charge on any atom is -0.472 e. The van der Waals surface area contributed by atoms with Gasteiger partial charge < -0.3 is 14.6 Å². The normalized spacial score (nSPS) is 16.8. The number of aryl methyl sites for hydroxylation is 2. The fourth-order valence-electron chi connectivity index (χ4n) is 5.25. The van der Waals surface area contributed by atoms with Gasteiger partial charge in [-0.15, -0.1) is 0 Å². The quantitative estimate of drug-likeness (QED) is 0.551. The largest absolute Gasteiger partial charge is 0.472 e. The van der Waals surface area contributed by atoms with Crippen molar-refractivity contribution in [3.05, 3.63) is 77.2 Å². The summed E-state index contributed by atoms with van der Waals surface area (Å²) in [5, 5.41) is 2.90. The molecule has 1 fully saturated rings. The van der Waals surface area contributed by atoms with Crippen LogP contribution < -0.4 is 10.2 Å². The average Bonchev–Trinajstić information content (AvgIpc) is 3.60. The molecule has 0 spiro atoms. The molecule has 0 saturated heterocycles. The van der Waals surface area contributed by atoms with Crippen molar-refractivity contribution in [1.82, 2.24) is 0 Å². The van der Waals surface area contributed by atoms with Gasteiger partial charge in [-0.2, -0.15) is 0 Å². The number of nitrogens with zero attached hydrogens (tertiary/aromatic N) is 1. The first-order valence-corrected chi connectivity index (χ1v) is 13.3. The molecule has 0 unspecified atom stereocenters. The summed E-state index contributed by atoms with van der Waals surface area (Å²) in [6.07, 6.45) is 5.51. The van der Waals surface area contributed by atoms with E-state index in [2.05, 4.69) is 5.32 Å². The van der Waals surface area contributed by atoms with Crippen LogP contribution in [0.25, 0.3) is 0 Å². The highest BCUT2D eigenvalue weighted by Gasteiger charge is 2.53. The Balaban J connectivity index is 1.43. The van der Waals surface area contributed by atoms with Crippen molar-refractivity contribution in [3.8, 4) is 0 Å². The van der Waals surface area contributed by atoms with Crippen LogP contribution in [0.3, 0.4) is 0 Å². The molecule has 1 saturated carbocycles. The molecule has 2 aliphatic rings. The number of carbonyl (C=O) groups excluding carboxylic acids is 2. The summed E-state index contributed by atoms with van der Waals surface area (Å²) in [5.41, 5.74) is 4.22. The van der Waals surface area contributed by atoms with Crippen molar-refractivity contribution in [2.24, 2.45) is 0 Å². The van der Waals surface area contributed by atoms with Gasteiger partial charge in [0.1, 0.15) is 6.26 Å². The van der Waals surface area contributed by atoms with Crippen molar-refractivity contribution in [3.63, 3.8) is 0 Å². The summed E-state index contributed by atoms with van der Waals surface area (Å²) >= 11 is 0. The van der Waals surface area contributed by atoms with Gasteiger partial charge in [-0.05, 0) is 80.1 Å². The van der Waals surface area contributed by atoms with Crippen LogP contribution in [0.1, 0.15) is 52.7 Å². The van der Waals surface area contributed by atoms with E-state index in [1.165, 1.54) is 12.5 Å². The number of benzene rings is 2. The molecule has 2 amide bonds. The van der Waals surface area contributed by atoms with E-state index < -0.39 is 20.5 Å². The number of anilines is 2. The summed E-state index contributed by atoms with van der Waals surface area (Å²) in [4.78, 5) is 28.3. The number of hydrogen-bond acceptors (Lipinski definition) is 5. The lowest BCUT2D eigenvalue weighted by Gasteiger charge is -2.28. The number of amides is 2. The van der Waals surface area contributed by atoms with Gasteiger partial charge in [0.2, 0.25) is 5.91 Å². The average molecular weight is 493 g/mol. The van der Waals surface area contributed by atoms with Crippen LogP contribution in [0.15, 0.2) is 64.3 Å². The molecule has 0 bridgehead atoms. The summed E-state index contributed by atoms with van der Waals surface area (Å²) in [6, 6.07) is 12.3. The van der Waals surface area contributed by atoms with E-state index in [0.717, 1.165) is 16.8 Å². The summed E-state index contributed by atoms with van der Waals surface area (Å²) < 4.78 is 31.3. The number of fused-ring (bicyclic) bond motifs is 1. The molecule has 3 aromatic rings. The van der Waals surface area contributed by atoms with E-state index in [-0.39, 0.29) is 10.8 Å². The van der Waals surface area contributed by atoms with Crippen LogP contribution in [-0.2, 0) is 21.1 Å². The van der Waals surface area contributed by atoms with Crippen LogP contribution in [0.4, 0.5) is 11.4 Å². The van der Waals surface area contributed by atoms with E-state index in [0.29, 0.717) is 55.5 Å². The second-order valence-corrected chi connectivity index (χ2v) is 11.7. The summed E-state index contributed by atoms with van der Waals surface area (Å²) in [5.74, 6) is -0.626. The molecule has 1 N–H and O–H groups in total. The third-order valence-corrected chi connectivity index (χ3v) is 9.86. The third-order valence-electron chi connectivity index (χ3n) is 7.22. The predicted octanol–water partition coefficient (Wildman–Crippen LogP) is 4.82. The van der Waals surface area contributed by atoms with Crippen molar-refractivity contribution >= 4 is 33.0 Å². The SMILES string of the molecule is Cc1ccc(C)c(S(=O)(=O)C2(C(=O)Nc3ccc4c(c3)CCN4C(=O)c3ccoc3)CCCC2)c1. The van der Waals surface area contributed by atoms with Crippen LogP contribution in [0.5, 0.6) is 0 Å². The zero-order chi connectivity index (χ0) is 24.8. The molecule has 5 rings (SSSR count). The van der Waals surface area contributed by atoms with Crippen molar-refractivity contribution in [1.29, 1.82) is 0 Å². The van der Waals surface area contributed by atoms with E-state index in [9.17, 15) is 18.0 Å². The molecule has 182 valence electrons. The fraction of sp³-hybridized carbons (Fsp3) is 0.333. The highest BCUT2D eigenvalue weighted by molar-refractivity contribution is 7.93. The van der Waals surface area contributed by atoms with E-state index in [1.807, 2.05) is 19.1 Å². The number of rotatable bonds is 5. The first kappa shape index (κ1) is 23.4. The Morgan fingerprint density at radius 2 is 1.80 bits per heavy atom. The smallest absolute Gasteiger partial charge is 0.261 e. The Labute approximate surface area is 205 Å². The van der Waals surface area contributed by atoms with Crippen molar-refractivity contribution < 1.29 is 22.4 Å². The Morgan fingerprint density at radius 1 is 1.03 bits per heavy atom. The Kier molecular flexibility index (Phi) is 5.79. The minimum absolute atomic E-state index is 0.140. The highest BCUT2D eigenvalue weighted by atomic mass is 32.2. The van der Waals surface area contributed by atoms with Crippen LogP contribution in [0, 0.1) is 13.8 Å². The monoisotopic (exact) mass is 492 g/mol. The van der Waals surface area contributed by atoms with Gasteiger partial charge in [0.25, 0.3) is 5.91 Å². The van der Waals surface area contributed by atoms with Crippen LogP contribution in [0.2, 0.25) is 0 Å². The second kappa shape index (κ2) is 8.68. The zero-order valence-electron chi connectivity index (χ0n) is 19.8. The Morgan fingerprint density at radius 3 is 2.51 bits per heavy atom. The number of nitrogens with one attached hydrogen (secondary N) is 1. The minimum atomic E-state index is -3.90. The van der Waals surface area contributed by atoms with Gasteiger partial charge in [0, 0.05) is 17.9 Å². The molecule has 7 nitrogen and oxygen atoms in total. The molecule has 0 atom stereocenters. The first-order chi connectivity index (χ1) is 16.7. The molecule has 1 aliphatic heterocycles. The number of carbonyl (C=O) groups is 2. The van der Waals surface area contributed by atoms with Gasteiger partial charge in [-0.25, -0.2) is 8.42 Å². The maximum Gasteiger partial charge on any atom is 0.261 e. The highest BCUT2D eigenvalue weighted by Crippen LogP contribution is 2.43. The van der Waals surface area contributed by atoms with Gasteiger partial charge in [-0.1, -0.05) is 25.0 Å². The van der Waals surface area contributed by atoms with E-state index in [4.69, 9.17) is 4.42 Å². The number of sulfone groups is 1. The van der Waals surface area contributed by atoms with Gasteiger partial charge >= 0.3 is 0 Å². The lowest BCUT2D eigenvalue weighted by molar-refractivity contribution is -0.118. The molecule has 35 heavy (non-hydrogen) atoms. The van der Waals surface area contributed by atoms with Crippen LogP contribution in [-0.4, -0.2) is 31.5 Å². The van der Waals surface area contributed by atoms with Gasteiger partial charge in [0.15, 0.2) is 14.6 Å². The maximum absolute atomic E-state index is 13.9. The fourth-order valence-corrected chi connectivity index (χ4v) is 7.62. The molecule has 2 heterocycles. The predicted molar refractivity (Wildman–Crippen MR) is 133 cm³/mol. The first-order valence-electron chi connectivity index (χ1n) is 11.8. The number of furan rings is 1. The number of hydrogen-bond donors (Lipinski definition) is 1. The molecular weight excluding hydrogens is 464 g/mol. The lowest BCUT2D eigenvalue weighted by atomic mass is 10.1. The maximum atomic E-state index is 13.9. The van der Waals surface area contributed by atoms with Crippen molar-refractivity contribution in [2.45, 2.75) is 55.6 Å². The van der Waals surface area contributed by atoms with Crippen molar-refractivity contribution in [2.75, 3.05) is 16.8 Å². The molecule has 2 aromatic carbocycles. The molecule has 8 heteroatoms. The molecule has 1 aromatic heterocycles. The topological polar surface area (TPSA) is 96.7 Å². The van der Waals surface area contributed by atoms with E-state index >= 15 is 0 Å². The Bertz CT molecular complexity index is 1400. The zero-order valence-corrected chi connectivity index (χ0v) is 20.7.